The zero-order chi connectivity index (χ0) is 10.8. The number of amides is 2. The van der Waals surface area contributed by atoms with Crippen molar-refractivity contribution in [2.75, 3.05) is 13.1 Å². The second-order valence-corrected chi connectivity index (χ2v) is 4.03. The third-order valence-corrected chi connectivity index (χ3v) is 3.23. The lowest BCUT2D eigenvalue weighted by Gasteiger charge is -2.41. The van der Waals surface area contributed by atoms with Gasteiger partial charge in [0.15, 0.2) is 0 Å². The van der Waals surface area contributed by atoms with Crippen LogP contribution in [0.4, 0.5) is 0 Å². The average molecular weight is 198 g/mol. The topological polar surface area (TPSA) is 49.4 Å². The van der Waals surface area contributed by atoms with Crippen LogP contribution in [0.25, 0.3) is 0 Å². The van der Waals surface area contributed by atoms with E-state index < -0.39 is 0 Å². The smallest absolute Gasteiger partial charge is 0.240 e. The molecule has 1 N–H and O–H groups in total. The largest absolute Gasteiger partial charge is 0.294 e. The molecule has 0 saturated carbocycles. The van der Waals surface area contributed by atoms with Crippen molar-refractivity contribution in [1.29, 1.82) is 0 Å². The highest BCUT2D eigenvalue weighted by Gasteiger charge is 2.34. The van der Waals surface area contributed by atoms with Gasteiger partial charge >= 0.3 is 0 Å². The second kappa shape index (κ2) is 4.09. The molecular weight excluding hydrogens is 180 g/mol. The molecule has 0 aromatic rings. The minimum atomic E-state index is -0.186. The molecule has 0 radical (unpaired) electrons. The highest BCUT2D eigenvalue weighted by Crippen LogP contribution is 2.23. The second-order valence-electron chi connectivity index (χ2n) is 4.03. The SMILES string of the molecule is CCC(C)(CC)N1CC(=O)NC(=O)C1. The molecule has 0 unspecified atom stereocenters. The number of hydrogen-bond donors (Lipinski definition) is 1. The Hall–Kier alpha value is -0.900. The summed E-state index contributed by atoms with van der Waals surface area (Å²) < 4.78 is 0. The summed E-state index contributed by atoms with van der Waals surface area (Å²) >= 11 is 0. The summed E-state index contributed by atoms with van der Waals surface area (Å²) in [6, 6.07) is 0. The van der Waals surface area contributed by atoms with Crippen molar-refractivity contribution in [3.05, 3.63) is 0 Å². The van der Waals surface area contributed by atoms with Gasteiger partial charge in [0.1, 0.15) is 0 Å². The predicted octanol–water partition coefficient (Wildman–Crippen LogP) is 0.523. The maximum Gasteiger partial charge on any atom is 0.240 e. The Balaban J connectivity index is 2.76. The van der Waals surface area contributed by atoms with Crippen molar-refractivity contribution in [3.8, 4) is 0 Å². The van der Waals surface area contributed by atoms with Gasteiger partial charge < -0.3 is 0 Å². The first-order chi connectivity index (χ1) is 6.51. The third-order valence-electron chi connectivity index (χ3n) is 3.23. The first kappa shape index (κ1) is 11.2. The minimum Gasteiger partial charge on any atom is -0.294 e. The van der Waals surface area contributed by atoms with Crippen LogP contribution >= 0.6 is 0 Å². The molecule has 0 aromatic heterocycles. The summed E-state index contributed by atoms with van der Waals surface area (Å²) in [4.78, 5) is 24.3. The molecule has 1 aliphatic heterocycles. The van der Waals surface area contributed by atoms with Gasteiger partial charge in [0.25, 0.3) is 0 Å². The van der Waals surface area contributed by atoms with Crippen molar-refractivity contribution in [2.45, 2.75) is 39.2 Å². The first-order valence-electron chi connectivity index (χ1n) is 5.09. The summed E-state index contributed by atoms with van der Waals surface area (Å²) in [6.07, 6.45) is 1.90. The van der Waals surface area contributed by atoms with Crippen LogP contribution < -0.4 is 5.32 Å². The number of imide groups is 1. The Bertz CT molecular complexity index is 231. The molecule has 0 bridgehead atoms. The van der Waals surface area contributed by atoms with E-state index in [-0.39, 0.29) is 17.4 Å². The molecule has 1 rings (SSSR count). The molecule has 14 heavy (non-hydrogen) atoms. The van der Waals surface area contributed by atoms with E-state index in [1.165, 1.54) is 0 Å². The maximum atomic E-state index is 11.2. The molecule has 2 amide bonds. The van der Waals surface area contributed by atoms with Crippen LogP contribution in [0.15, 0.2) is 0 Å². The number of carbonyl (C=O) groups excluding carboxylic acids is 2. The first-order valence-corrected chi connectivity index (χ1v) is 5.09. The van der Waals surface area contributed by atoms with Crippen LogP contribution in [0.5, 0.6) is 0 Å². The summed E-state index contributed by atoms with van der Waals surface area (Å²) in [7, 11) is 0. The zero-order valence-corrected chi connectivity index (χ0v) is 9.09. The fourth-order valence-corrected chi connectivity index (χ4v) is 1.72. The predicted molar refractivity (Wildman–Crippen MR) is 53.7 cm³/mol. The van der Waals surface area contributed by atoms with Gasteiger partial charge in [0.2, 0.25) is 11.8 Å². The van der Waals surface area contributed by atoms with Crippen LogP contribution in [0.2, 0.25) is 0 Å². The molecule has 4 heteroatoms. The van der Waals surface area contributed by atoms with Crippen LogP contribution in [0.1, 0.15) is 33.6 Å². The van der Waals surface area contributed by atoms with Gasteiger partial charge in [0.05, 0.1) is 13.1 Å². The van der Waals surface area contributed by atoms with Crippen LogP contribution in [0.3, 0.4) is 0 Å². The van der Waals surface area contributed by atoms with Crippen molar-refractivity contribution in [3.63, 3.8) is 0 Å². The molecule has 1 aliphatic rings. The fraction of sp³-hybridized carbons (Fsp3) is 0.800. The molecular formula is C10H18N2O2. The quantitative estimate of drug-likeness (QED) is 0.673. The monoisotopic (exact) mass is 198 g/mol. The van der Waals surface area contributed by atoms with Gasteiger partial charge in [-0.2, -0.15) is 0 Å². The van der Waals surface area contributed by atoms with Crippen LogP contribution in [-0.2, 0) is 9.59 Å². The lowest BCUT2D eigenvalue weighted by atomic mass is 9.92. The molecule has 1 heterocycles. The Morgan fingerprint density at radius 1 is 1.21 bits per heavy atom. The molecule has 0 atom stereocenters. The Morgan fingerprint density at radius 3 is 2.00 bits per heavy atom. The highest BCUT2D eigenvalue weighted by molar-refractivity contribution is 5.99. The van der Waals surface area contributed by atoms with Crippen molar-refractivity contribution in [1.82, 2.24) is 10.2 Å². The van der Waals surface area contributed by atoms with E-state index in [2.05, 4.69) is 26.1 Å². The number of nitrogens with zero attached hydrogens (tertiary/aromatic N) is 1. The van der Waals surface area contributed by atoms with Gasteiger partial charge in [-0.15, -0.1) is 0 Å². The number of hydrogen-bond acceptors (Lipinski definition) is 3. The van der Waals surface area contributed by atoms with Crippen LogP contribution in [-0.4, -0.2) is 35.3 Å². The molecule has 1 saturated heterocycles. The van der Waals surface area contributed by atoms with E-state index >= 15 is 0 Å². The standard InChI is InChI=1S/C10H18N2O2/c1-4-10(3,5-2)12-6-8(13)11-9(14)7-12/h4-7H2,1-3H3,(H,11,13,14). The van der Waals surface area contributed by atoms with Crippen molar-refractivity contribution < 1.29 is 9.59 Å². The van der Waals surface area contributed by atoms with Gasteiger partial charge in [-0.1, -0.05) is 13.8 Å². The van der Waals surface area contributed by atoms with Gasteiger partial charge in [-0.05, 0) is 19.8 Å². The summed E-state index contributed by atoms with van der Waals surface area (Å²) in [5.74, 6) is -0.372. The van der Waals surface area contributed by atoms with Gasteiger partial charge in [0, 0.05) is 5.54 Å². The molecule has 80 valence electrons. The third kappa shape index (κ3) is 2.12. The lowest BCUT2D eigenvalue weighted by Crippen LogP contribution is -2.58. The van der Waals surface area contributed by atoms with Gasteiger partial charge in [-0.3, -0.25) is 19.8 Å². The molecule has 4 nitrogen and oxygen atoms in total. The molecule has 0 aromatic carbocycles. The van der Waals surface area contributed by atoms with E-state index in [0.717, 1.165) is 12.8 Å². The summed E-state index contributed by atoms with van der Waals surface area (Å²) in [5, 5.41) is 2.31. The van der Waals surface area contributed by atoms with E-state index in [4.69, 9.17) is 0 Å². The fourth-order valence-electron chi connectivity index (χ4n) is 1.72. The molecule has 0 aliphatic carbocycles. The van der Waals surface area contributed by atoms with E-state index in [1.54, 1.807) is 0 Å². The van der Waals surface area contributed by atoms with Crippen molar-refractivity contribution >= 4 is 11.8 Å². The Labute approximate surface area is 84.7 Å². The van der Waals surface area contributed by atoms with E-state index in [9.17, 15) is 9.59 Å². The summed E-state index contributed by atoms with van der Waals surface area (Å²) in [6.45, 7) is 6.94. The maximum absolute atomic E-state index is 11.2. The normalized spacial score (nSPS) is 19.6. The number of rotatable bonds is 3. The summed E-state index contributed by atoms with van der Waals surface area (Å²) in [5.41, 5.74) is -0.0343. The number of piperazine rings is 1. The number of carbonyl (C=O) groups is 2. The average Bonchev–Trinajstić information content (AvgIpc) is 2.15. The van der Waals surface area contributed by atoms with Gasteiger partial charge in [-0.25, -0.2) is 0 Å². The van der Waals surface area contributed by atoms with E-state index in [0.29, 0.717) is 13.1 Å². The molecule has 0 spiro atoms. The Kier molecular flexibility index (Phi) is 3.26. The van der Waals surface area contributed by atoms with Crippen LogP contribution in [0, 0.1) is 0 Å². The molecule has 1 fully saturated rings. The zero-order valence-electron chi connectivity index (χ0n) is 9.09. The van der Waals surface area contributed by atoms with Crippen molar-refractivity contribution in [2.24, 2.45) is 0 Å². The highest BCUT2D eigenvalue weighted by atomic mass is 16.2. The van der Waals surface area contributed by atoms with E-state index in [1.807, 2.05) is 4.90 Å². The Morgan fingerprint density at radius 2 is 1.64 bits per heavy atom. The minimum absolute atomic E-state index is 0.0343. The lowest BCUT2D eigenvalue weighted by molar-refractivity contribution is -0.139. The number of nitrogens with one attached hydrogen (secondary N) is 1.